The molecular weight excluding hydrogens is 308 g/mol. The highest BCUT2D eigenvalue weighted by Crippen LogP contribution is 2.36. The normalized spacial score (nSPS) is 10.9. The second-order valence-corrected chi connectivity index (χ2v) is 5.77. The third kappa shape index (κ3) is 4.41. The van der Waals surface area contributed by atoms with Crippen molar-refractivity contribution in [2.75, 3.05) is 20.8 Å². The Hall–Kier alpha value is -1.25. The van der Waals surface area contributed by atoms with E-state index in [0.29, 0.717) is 24.6 Å². The number of hydrogen-bond donors (Lipinski definition) is 1. The van der Waals surface area contributed by atoms with E-state index in [1.807, 2.05) is 26.0 Å². The van der Waals surface area contributed by atoms with Crippen LogP contribution < -0.4 is 14.8 Å². The summed E-state index contributed by atoms with van der Waals surface area (Å²) in [7, 11) is 3.22. The summed E-state index contributed by atoms with van der Waals surface area (Å²) in [5, 5.41) is 12.2. The number of nitrogens with zero attached hydrogens (tertiary/aromatic N) is 1. The van der Waals surface area contributed by atoms with Gasteiger partial charge in [0.15, 0.2) is 11.5 Å². The third-order valence-electron chi connectivity index (χ3n) is 2.69. The molecule has 0 aliphatic carbocycles. The summed E-state index contributed by atoms with van der Waals surface area (Å²) in [6.45, 7) is 5.12. The first-order valence-corrected chi connectivity index (χ1v) is 6.75. The Bertz CT molecular complexity index is 481. The molecule has 0 amide bonds. The van der Waals surface area contributed by atoms with Gasteiger partial charge in [0, 0.05) is 13.1 Å². The van der Waals surface area contributed by atoms with Gasteiger partial charge in [-0.1, -0.05) is 0 Å². The number of hydrogen-bond acceptors (Lipinski definition) is 4. The Morgan fingerprint density at radius 2 is 2.00 bits per heavy atom. The first-order chi connectivity index (χ1) is 8.93. The van der Waals surface area contributed by atoms with Gasteiger partial charge in [-0.3, -0.25) is 0 Å². The van der Waals surface area contributed by atoms with Crippen LogP contribution in [0.1, 0.15) is 19.4 Å². The zero-order chi connectivity index (χ0) is 14.5. The molecule has 19 heavy (non-hydrogen) atoms. The summed E-state index contributed by atoms with van der Waals surface area (Å²) in [5.74, 6) is 1.37. The summed E-state index contributed by atoms with van der Waals surface area (Å²) in [5.41, 5.74) is 0.701. The van der Waals surface area contributed by atoms with Crippen molar-refractivity contribution in [1.29, 1.82) is 5.26 Å². The molecule has 0 bridgehead atoms. The van der Waals surface area contributed by atoms with Gasteiger partial charge in [-0.15, -0.1) is 0 Å². The van der Waals surface area contributed by atoms with Crippen molar-refractivity contribution in [1.82, 2.24) is 5.32 Å². The van der Waals surface area contributed by atoms with E-state index >= 15 is 0 Å². The Morgan fingerprint density at radius 3 is 2.53 bits per heavy atom. The van der Waals surface area contributed by atoms with Gasteiger partial charge in [0.2, 0.25) is 0 Å². The molecule has 0 radical (unpaired) electrons. The summed E-state index contributed by atoms with van der Waals surface area (Å²) in [6.07, 6.45) is 0. The lowest BCUT2D eigenvalue weighted by Gasteiger charge is -2.17. The van der Waals surface area contributed by atoms with Crippen molar-refractivity contribution in [3.8, 4) is 17.6 Å². The van der Waals surface area contributed by atoms with Crippen molar-refractivity contribution in [3.63, 3.8) is 0 Å². The van der Waals surface area contributed by atoms with Crippen LogP contribution >= 0.6 is 15.9 Å². The van der Waals surface area contributed by atoms with E-state index in [0.717, 1.165) is 10.0 Å². The Labute approximate surface area is 122 Å². The summed E-state index contributed by atoms with van der Waals surface area (Å²) in [6, 6.07) is 6.17. The van der Waals surface area contributed by atoms with Crippen LogP contribution in [0.3, 0.4) is 0 Å². The summed E-state index contributed by atoms with van der Waals surface area (Å²) in [4.78, 5) is 0. The number of halogens is 1. The van der Waals surface area contributed by atoms with Crippen molar-refractivity contribution < 1.29 is 9.47 Å². The average Bonchev–Trinajstić information content (AvgIpc) is 2.37. The standard InChI is InChI=1S/C14H19BrN2O2/c1-14(2,8-16)9-17-7-10-5-11(15)13(19-4)12(6-10)18-3/h5-6,17H,7,9H2,1-4H3. The smallest absolute Gasteiger partial charge is 0.174 e. The van der Waals surface area contributed by atoms with E-state index in [2.05, 4.69) is 27.3 Å². The van der Waals surface area contributed by atoms with Gasteiger partial charge in [0.25, 0.3) is 0 Å². The molecule has 1 aromatic carbocycles. The molecule has 0 unspecified atom stereocenters. The molecule has 0 aliphatic heterocycles. The van der Waals surface area contributed by atoms with Crippen LogP contribution in [0.15, 0.2) is 16.6 Å². The minimum Gasteiger partial charge on any atom is -0.493 e. The zero-order valence-corrected chi connectivity index (χ0v) is 13.3. The van der Waals surface area contributed by atoms with Gasteiger partial charge in [0.05, 0.1) is 30.2 Å². The van der Waals surface area contributed by atoms with Crippen molar-refractivity contribution >= 4 is 15.9 Å². The maximum Gasteiger partial charge on any atom is 0.174 e. The van der Waals surface area contributed by atoms with Crippen LogP contribution in [0.5, 0.6) is 11.5 Å². The molecule has 0 fully saturated rings. The average molecular weight is 327 g/mol. The van der Waals surface area contributed by atoms with Crippen molar-refractivity contribution in [2.24, 2.45) is 5.41 Å². The molecule has 0 heterocycles. The molecular formula is C14H19BrN2O2. The second-order valence-electron chi connectivity index (χ2n) is 4.91. The van der Waals surface area contributed by atoms with Crippen molar-refractivity contribution in [2.45, 2.75) is 20.4 Å². The van der Waals surface area contributed by atoms with Crippen LogP contribution in [0.2, 0.25) is 0 Å². The molecule has 1 N–H and O–H groups in total. The van der Waals surface area contributed by atoms with Gasteiger partial charge < -0.3 is 14.8 Å². The number of nitrogens with one attached hydrogen (secondary N) is 1. The lowest BCUT2D eigenvalue weighted by Crippen LogP contribution is -2.27. The van der Waals surface area contributed by atoms with Gasteiger partial charge in [-0.25, -0.2) is 0 Å². The predicted molar refractivity (Wildman–Crippen MR) is 78.3 cm³/mol. The largest absolute Gasteiger partial charge is 0.493 e. The molecule has 1 rings (SSSR count). The zero-order valence-electron chi connectivity index (χ0n) is 11.7. The lowest BCUT2D eigenvalue weighted by atomic mass is 9.96. The van der Waals surface area contributed by atoms with E-state index in [-0.39, 0.29) is 5.41 Å². The maximum absolute atomic E-state index is 8.95. The summed E-state index contributed by atoms with van der Waals surface area (Å²) < 4.78 is 11.4. The molecule has 0 saturated heterocycles. The molecule has 0 saturated carbocycles. The highest BCUT2D eigenvalue weighted by Gasteiger charge is 2.16. The van der Waals surface area contributed by atoms with Crippen LogP contribution in [-0.4, -0.2) is 20.8 Å². The fraction of sp³-hybridized carbons (Fsp3) is 0.500. The highest BCUT2D eigenvalue weighted by molar-refractivity contribution is 9.10. The first kappa shape index (κ1) is 15.8. The second kappa shape index (κ2) is 6.78. The molecule has 5 heteroatoms. The van der Waals surface area contributed by atoms with Crippen LogP contribution in [0, 0.1) is 16.7 Å². The van der Waals surface area contributed by atoms with E-state index in [4.69, 9.17) is 14.7 Å². The monoisotopic (exact) mass is 326 g/mol. The molecule has 0 aliphatic rings. The Morgan fingerprint density at radius 1 is 1.32 bits per heavy atom. The van der Waals surface area contributed by atoms with Crippen LogP contribution in [0.4, 0.5) is 0 Å². The van der Waals surface area contributed by atoms with E-state index < -0.39 is 0 Å². The SMILES string of the molecule is COc1cc(CNCC(C)(C)C#N)cc(Br)c1OC. The molecule has 1 aromatic rings. The quantitative estimate of drug-likeness (QED) is 0.872. The number of methoxy groups -OCH3 is 2. The van der Waals surface area contributed by atoms with E-state index in [1.54, 1.807) is 14.2 Å². The third-order valence-corrected chi connectivity index (χ3v) is 3.28. The van der Waals surface area contributed by atoms with Gasteiger partial charge in [0.1, 0.15) is 0 Å². The molecule has 4 nitrogen and oxygen atoms in total. The number of ether oxygens (including phenoxy) is 2. The molecule has 0 aromatic heterocycles. The van der Waals surface area contributed by atoms with E-state index in [1.165, 1.54) is 0 Å². The molecule has 0 spiro atoms. The topological polar surface area (TPSA) is 54.3 Å². The Balaban J connectivity index is 2.76. The van der Waals surface area contributed by atoms with Gasteiger partial charge >= 0.3 is 0 Å². The van der Waals surface area contributed by atoms with E-state index in [9.17, 15) is 0 Å². The first-order valence-electron chi connectivity index (χ1n) is 5.96. The lowest BCUT2D eigenvalue weighted by molar-refractivity contribution is 0.352. The fourth-order valence-corrected chi connectivity index (χ4v) is 2.28. The van der Waals surface area contributed by atoms with Crippen LogP contribution in [0.25, 0.3) is 0 Å². The number of rotatable bonds is 6. The predicted octanol–water partition coefficient (Wildman–Crippen LogP) is 3.11. The van der Waals surface area contributed by atoms with Gasteiger partial charge in [-0.05, 0) is 47.5 Å². The summed E-state index contributed by atoms with van der Waals surface area (Å²) >= 11 is 3.46. The highest BCUT2D eigenvalue weighted by atomic mass is 79.9. The van der Waals surface area contributed by atoms with Crippen LogP contribution in [-0.2, 0) is 6.54 Å². The maximum atomic E-state index is 8.95. The number of nitriles is 1. The van der Waals surface area contributed by atoms with Gasteiger partial charge in [-0.2, -0.15) is 5.26 Å². The Kier molecular flexibility index (Phi) is 5.64. The fourth-order valence-electron chi connectivity index (χ4n) is 1.63. The van der Waals surface area contributed by atoms with Crippen molar-refractivity contribution in [3.05, 3.63) is 22.2 Å². The molecule has 104 valence electrons. The molecule has 0 atom stereocenters. The number of benzene rings is 1. The minimum absolute atomic E-state index is 0.367. The minimum atomic E-state index is -0.367.